The number of benzene rings is 1. The van der Waals surface area contributed by atoms with E-state index in [4.69, 9.17) is 5.84 Å². The Hall–Kier alpha value is -1.71. The van der Waals surface area contributed by atoms with Crippen molar-refractivity contribution in [3.63, 3.8) is 0 Å². The van der Waals surface area contributed by atoms with Crippen LogP contribution in [0.4, 0.5) is 0 Å². The lowest BCUT2D eigenvalue weighted by atomic mass is 9.79. The summed E-state index contributed by atoms with van der Waals surface area (Å²) >= 11 is 0. The highest BCUT2D eigenvalue weighted by Crippen LogP contribution is 2.37. The summed E-state index contributed by atoms with van der Waals surface area (Å²) in [6.45, 7) is 2.02. The van der Waals surface area contributed by atoms with Gasteiger partial charge in [0.05, 0.1) is 11.7 Å². The fourth-order valence-corrected chi connectivity index (χ4v) is 3.42. The Labute approximate surface area is 126 Å². The molecule has 2 unspecified atom stereocenters. The van der Waals surface area contributed by atoms with E-state index >= 15 is 0 Å². The Morgan fingerprint density at radius 2 is 2.10 bits per heavy atom. The van der Waals surface area contributed by atoms with Crippen LogP contribution < -0.4 is 11.3 Å². The molecule has 1 aliphatic carbocycles. The minimum absolute atomic E-state index is 0.112. The van der Waals surface area contributed by atoms with Gasteiger partial charge in [-0.05, 0) is 61.8 Å². The second-order valence-corrected chi connectivity index (χ2v) is 5.95. The first kappa shape index (κ1) is 14.2. The number of fused-ring (bicyclic) bond motifs is 1. The quantitative estimate of drug-likeness (QED) is 0.667. The SMILES string of the molecule is Cc1cccc(C(CC2CCCc3ccccc32)NN)n1. The van der Waals surface area contributed by atoms with Gasteiger partial charge < -0.3 is 0 Å². The van der Waals surface area contributed by atoms with Gasteiger partial charge >= 0.3 is 0 Å². The predicted molar refractivity (Wildman–Crippen MR) is 85.8 cm³/mol. The molecule has 0 saturated heterocycles. The van der Waals surface area contributed by atoms with Gasteiger partial charge in [-0.3, -0.25) is 16.3 Å². The van der Waals surface area contributed by atoms with Gasteiger partial charge in [-0.15, -0.1) is 0 Å². The van der Waals surface area contributed by atoms with E-state index < -0.39 is 0 Å². The molecule has 1 heterocycles. The number of hydrogen-bond acceptors (Lipinski definition) is 3. The molecule has 3 rings (SSSR count). The summed E-state index contributed by atoms with van der Waals surface area (Å²) in [6.07, 6.45) is 4.71. The number of pyridine rings is 1. The van der Waals surface area contributed by atoms with Crippen molar-refractivity contribution in [2.24, 2.45) is 5.84 Å². The molecular formula is C18H23N3. The molecule has 0 aliphatic heterocycles. The van der Waals surface area contributed by atoms with Crippen LogP contribution in [0.25, 0.3) is 0 Å². The molecule has 3 N–H and O–H groups in total. The molecule has 110 valence electrons. The third-order valence-electron chi connectivity index (χ3n) is 4.48. The molecule has 0 spiro atoms. The minimum Gasteiger partial charge on any atom is -0.271 e. The Kier molecular flexibility index (Phi) is 4.32. The van der Waals surface area contributed by atoms with Gasteiger partial charge in [-0.25, -0.2) is 0 Å². The van der Waals surface area contributed by atoms with E-state index in [2.05, 4.69) is 46.8 Å². The van der Waals surface area contributed by atoms with Crippen LogP contribution in [0.15, 0.2) is 42.5 Å². The van der Waals surface area contributed by atoms with Gasteiger partial charge in [0.1, 0.15) is 0 Å². The van der Waals surface area contributed by atoms with E-state index in [1.165, 1.54) is 30.4 Å². The first-order valence-electron chi connectivity index (χ1n) is 7.75. The number of aryl methyl sites for hydroxylation is 2. The van der Waals surface area contributed by atoms with Crippen molar-refractivity contribution < 1.29 is 0 Å². The lowest BCUT2D eigenvalue weighted by Crippen LogP contribution is -2.30. The Morgan fingerprint density at radius 3 is 2.90 bits per heavy atom. The number of hydrogen-bond donors (Lipinski definition) is 2. The first-order valence-corrected chi connectivity index (χ1v) is 7.75. The Morgan fingerprint density at radius 1 is 1.24 bits per heavy atom. The molecule has 1 aromatic heterocycles. The van der Waals surface area contributed by atoms with E-state index in [0.717, 1.165) is 17.8 Å². The van der Waals surface area contributed by atoms with Gasteiger partial charge in [0, 0.05) is 5.69 Å². The molecule has 2 aromatic rings. The zero-order valence-corrected chi connectivity index (χ0v) is 12.5. The maximum atomic E-state index is 5.80. The van der Waals surface area contributed by atoms with E-state index in [1.807, 2.05) is 13.0 Å². The van der Waals surface area contributed by atoms with Crippen LogP contribution in [0.1, 0.15) is 53.7 Å². The molecule has 0 bridgehead atoms. The lowest BCUT2D eigenvalue weighted by Gasteiger charge is -2.28. The van der Waals surface area contributed by atoms with Crippen LogP contribution in [0.3, 0.4) is 0 Å². The van der Waals surface area contributed by atoms with Gasteiger partial charge in [0.15, 0.2) is 0 Å². The van der Waals surface area contributed by atoms with E-state index in [9.17, 15) is 0 Å². The van der Waals surface area contributed by atoms with Crippen molar-refractivity contribution in [3.05, 3.63) is 65.0 Å². The fourth-order valence-electron chi connectivity index (χ4n) is 3.42. The number of rotatable bonds is 4. The number of hydrazine groups is 1. The van der Waals surface area contributed by atoms with Crippen molar-refractivity contribution in [1.82, 2.24) is 10.4 Å². The Balaban J connectivity index is 1.82. The summed E-state index contributed by atoms with van der Waals surface area (Å²) in [5.41, 5.74) is 8.04. The number of nitrogens with two attached hydrogens (primary N) is 1. The summed E-state index contributed by atoms with van der Waals surface area (Å²) in [5.74, 6) is 6.37. The zero-order chi connectivity index (χ0) is 14.7. The van der Waals surface area contributed by atoms with Crippen LogP contribution in [0.2, 0.25) is 0 Å². The molecule has 3 nitrogen and oxygen atoms in total. The van der Waals surface area contributed by atoms with Crippen molar-refractivity contribution in [1.29, 1.82) is 0 Å². The zero-order valence-electron chi connectivity index (χ0n) is 12.5. The molecule has 1 aromatic carbocycles. The van der Waals surface area contributed by atoms with Crippen LogP contribution in [-0.4, -0.2) is 4.98 Å². The fraction of sp³-hybridized carbons (Fsp3) is 0.389. The van der Waals surface area contributed by atoms with Crippen LogP contribution >= 0.6 is 0 Å². The number of nitrogens with one attached hydrogen (secondary N) is 1. The lowest BCUT2D eigenvalue weighted by molar-refractivity contribution is 0.419. The average Bonchev–Trinajstić information content (AvgIpc) is 2.52. The van der Waals surface area contributed by atoms with Gasteiger partial charge in [0.2, 0.25) is 0 Å². The standard InChI is InChI=1S/C18H23N3/c1-13-6-4-11-17(20-13)18(21-19)12-15-9-5-8-14-7-2-3-10-16(14)15/h2-4,6-7,10-11,15,18,21H,5,8-9,12,19H2,1H3. The van der Waals surface area contributed by atoms with Crippen LogP contribution in [-0.2, 0) is 6.42 Å². The topological polar surface area (TPSA) is 50.9 Å². The van der Waals surface area contributed by atoms with Crippen molar-refractivity contribution in [3.8, 4) is 0 Å². The normalized spacial score (nSPS) is 19.0. The van der Waals surface area contributed by atoms with Crippen molar-refractivity contribution in [2.75, 3.05) is 0 Å². The molecule has 0 amide bonds. The highest BCUT2D eigenvalue weighted by atomic mass is 15.2. The summed E-state index contributed by atoms with van der Waals surface area (Å²) in [4.78, 5) is 4.62. The summed E-state index contributed by atoms with van der Waals surface area (Å²) in [5, 5.41) is 0. The summed E-state index contributed by atoms with van der Waals surface area (Å²) in [6, 6.07) is 15.1. The van der Waals surface area contributed by atoms with E-state index in [1.54, 1.807) is 0 Å². The molecule has 2 atom stereocenters. The third kappa shape index (κ3) is 3.14. The molecule has 1 aliphatic rings. The largest absolute Gasteiger partial charge is 0.271 e. The minimum atomic E-state index is 0.112. The highest BCUT2D eigenvalue weighted by molar-refractivity contribution is 5.33. The average molecular weight is 281 g/mol. The maximum absolute atomic E-state index is 5.80. The second-order valence-electron chi connectivity index (χ2n) is 5.95. The maximum Gasteiger partial charge on any atom is 0.0638 e. The molecule has 0 radical (unpaired) electrons. The summed E-state index contributed by atoms with van der Waals surface area (Å²) in [7, 11) is 0. The predicted octanol–water partition coefficient (Wildman–Crippen LogP) is 3.40. The van der Waals surface area contributed by atoms with Crippen molar-refractivity contribution in [2.45, 2.75) is 44.6 Å². The van der Waals surface area contributed by atoms with Gasteiger partial charge in [-0.2, -0.15) is 0 Å². The smallest absolute Gasteiger partial charge is 0.0638 e. The van der Waals surface area contributed by atoms with Crippen molar-refractivity contribution >= 4 is 0 Å². The first-order chi connectivity index (χ1) is 10.3. The number of nitrogens with zero attached hydrogens (tertiary/aromatic N) is 1. The van der Waals surface area contributed by atoms with E-state index in [0.29, 0.717) is 5.92 Å². The molecule has 21 heavy (non-hydrogen) atoms. The van der Waals surface area contributed by atoms with E-state index in [-0.39, 0.29) is 6.04 Å². The highest BCUT2D eigenvalue weighted by Gasteiger charge is 2.24. The van der Waals surface area contributed by atoms with Crippen LogP contribution in [0, 0.1) is 6.92 Å². The monoisotopic (exact) mass is 281 g/mol. The molecule has 0 saturated carbocycles. The summed E-state index contributed by atoms with van der Waals surface area (Å²) < 4.78 is 0. The third-order valence-corrected chi connectivity index (χ3v) is 4.48. The van der Waals surface area contributed by atoms with Gasteiger partial charge in [0.25, 0.3) is 0 Å². The second kappa shape index (κ2) is 6.37. The molecule has 0 fully saturated rings. The van der Waals surface area contributed by atoms with Crippen LogP contribution in [0.5, 0.6) is 0 Å². The number of aromatic nitrogens is 1. The van der Waals surface area contributed by atoms with Gasteiger partial charge in [-0.1, -0.05) is 30.3 Å². The molecule has 3 heteroatoms. The molecular weight excluding hydrogens is 258 g/mol. The Bertz CT molecular complexity index is 609.